The number of aromatic nitrogens is 2. The van der Waals surface area contributed by atoms with E-state index in [1.807, 2.05) is 0 Å². The summed E-state index contributed by atoms with van der Waals surface area (Å²) in [6, 6.07) is 8.74. The molecule has 3 nitrogen and oxygen atoms in total. The smallest absolute Gasteiger partial charge is 0.118 e. The molecule has 0 aliphatic carbocycles. The van der Waals surface area contributed by atoms with Gasteiger partial charge in [0, 0.05) is 19.4 Å². The molecule has 2 rings (SSSR count). The molecule has 0 aliphatic heterocycles. The van der Waals surface area contributed by atoms with E-state index in [0.29, 0.717) is 5.92 Å². The summed E-state index contributed by atoms with van der Waals surface area (Å²) >= 11 is 1.75. The second-order valence-electron chi connectivity index (χ2n) is 5.92. The normalized spacial score (nSPS) is 11.2. The number of nitrogens with zero attached hydrogens (tertiary/aromatic N) is 2. The lowest BCUT2D eigenvalue weighted by Gasteiger charge is -2.05. The van der Waals surface area contributed by atoms with Crippen LogP contribution in [0.15, 0.2) is 24.3 Å². The molecule has 114 valence electrons. The molecule has 0 fully saturated rings. The third-order valence-corrected chi connectivity index (χ3v) is 4.37. The lowest BCUT2D eigenvalue weighted by molar-refractivity contribution is 0.553. The first kappa shape index (κ1) is 16.1. The fraction of sp³-hybridized carbons (Fsp3) is 0.529. The van der Waals surface area contributed by atoms with Crippen LogP contribution in [-0.2, 0) is 19.3 Å². The Balaban J connectivity index is 1.73. The minimum Gasteiger partial charge on any atom is -0.316 e. The van der Waals surface area contributed by atoms with Gasteiger partial charge in [0.2, 0.25) is 0 Å². The van der Waals surface area contributed by atoms with Crippen molar-refractivity contribution in [1.29, 1.82) is 0 Å². The van der Waals surface area contributed by atoms with Gasteiger partial charge in [0.1, 0.15) is 10.0 Å². The minimum atomic E-state index is 0.699. The van der Waals surface area contributed by atoms with Gasteiger partial charge in [0.05, 0.1) is 0 Å². The maximum Gasteiger partial charge on any atom is 0.118 e. The summed E-state index contributed by atoms with van der Waals surface area (Å²) in [6.45, 7) is 8.63. The molecule has 2 aromatic rings. The molecular weight excluding hydrogens is 278 g/mol. The second kappa shape index (κ2) is 8.25. The molecule has 1 aromatic heterocycles. The molecule has 0 radical (unpaired) electrons. The van der Waals surface area contributed by atoms with Crippen molar-refractivity contribution in [2.75, 3.05) is 13.1 Å². The highest BCUT2D eigenvalue weighted by molar-refractivity contribution is 7.11. The molecule has 21 heavy (non-hydrogen) atoms. The van der Waals surface area contributed by atoms with Gasteiger partial charge in [0.25, 0.3) is 0 Å². The van der Waals surface area contributed by atoms with Crippen LogP contribution < -0.4 is 5.32 Å². The van der Waals surface area contributed by atoms with Gasteiger partial charge in [-0.1, -0.05) is 43.7 Å². The van der Waals surface area contributed by atoms with Crippen LogP contribution in [0, 0.1) is 12.8 Å². The Morgan fingerprint density at radius 3 is 2.33 bits per heavy atom. The summed E-state index contributed by atoms with van der Waals surface area (Å²) in [5.74, 6) is 0.699. The average molecular weight is 303 g/mol. The van der Waals surface area contributed by atoms with Crippen molar-refractivity contribution in [3.63, 3.8) is 0 Å². The number of benzene rings is 1. The van der Waals surface area contributed by atoms with Crippen LogP contribution in [0.2, 0.25) is 0 Å². The summed E-state index contributed by atoms with van der Waals surface area (Å²) < 4.78 is 0. The predicted octanol–water partition coefficient (Wildman–Crippen LogP) is 3.42. The Labute approximate surface area is 131 Å². The third-order valence-electron chi connectivity index (χ3n) is 3.33. The van der Waals surface area contributed by atoms with Gasteiger partial charge in [-0.05, 0) is 31.4 Å². The molecular formula is C17H25N3S. The van der Waals surface area contributed by atoms with Gasteiger partial charge in [-0.15, -0.1) is 21.5 Å². The van der Waals surface area contributed by atoms with E-state index >= 15 is 0 Å². The summed E-state index contributed by atoms with van der Waals surface area (Å²) in [6.07, 6.45) is 3.01. The van der Waals surface area contributed by atoms with Crippen LogP contribution in [0.5, 0.6) is 0 Å². The zero-order chi connectivity index (χ0) is 15.1. The summed E-state index contributed by atoms with van der Waals surface area (Å²) in [7, 11) is 0. The van der Waals surface area contributed by atoms with E-state index in [1.165, 1.54) is 11.1 Å². The summed E-state index contributed by atoms with van der Waals surface area (Å²) in [4.78, 5) is 0. The van der Waals surface area contributed by atoms with Crippen LogP contribution in [0.3, 0.4) is 0 Å². The molecule has 1 N–H and O–H groups in total. The Kier molecular flexibility index (Phi) is 6.33. The first-order valence-corrected chi connectivity index (χ1v) is 8.52. The molecule has 0 saturated carbocycles. The maximum atomic E-state index is 4.30. The maximum absolute atomic E-state index is 4.30. The number of nitrogens with one attached hydrogen (secondary N) is 1. The van der Waals surface area contributed by atoms with Crippen molar-refractivity contribution in [3.8, 4) is 0 Å². The van der Waals surface area contributed by atoms with E-state index in [-0.39, 0.29) is 0 Å². The van der Waals surface area contributed by atoms with E-state index in [2.05, 4.69) is 60.6 Å². The number of aryl methyl sites for hydroxylation is 3. The predicted molar refractivity (Wildman–Crippen MR) is 89.9 cm³/mol. The molecule has 0 aliphatic rings. The lowest BCUT2D eigenvalue weighted by Crippen LogP contribution is -2.22. The quantitative estimate of drug-likeness (QED) is 0.759. The van der Waals surface area contributed by atoms with Crippen LogP contribution in [0.1, 0.15) is 35.0 Å². The van der Waals surface area contributed by atoms with E-state index < -0.39 is 0 Å². The van der Waals surface area contributed by atoms with Gasteiger partial charge in [-0.2, -0.15) is 0 Å². The summed E-state index contributed by atoms with van der Waals surface area (Å²) in [5, 5.41) is 14.3. The molecule has 0 amide bonds. The fourth-order valence-corrected chi connectivity index (χ4v) is 2.93. The Morgan fingerprint density at radius 2 is 1.67 bits per heavy atom. The van der Waals surface area contributed by atoms with Crippen molar-refractivity contribution >= 4 is 11.3 Å². The molecule has 1 aromatic carbocycles. The topological polar surface area (TPSA) is 37.8 Å². The van der Waals surface area contributed by atoms with Crippen molar-refractivity contribution < 1.29 is 0 Å². The zero-order valence-electron chi connectivity index (χ0n) is 13.2. The number of rotatable bonds is 8. The highest BCUT2D eigenvalue weighted by Gasteiger charge is 2.05. The molecule has 0 bridgehead atoms. The van der Waals surface area contributed by atoms with Crippen molar-refractivity contribution in [2.45, 2.75) is 40.0 Å². The first-order valence-electron chi connectivity index (χ1n) is 7.71. The van der Waals surface area contributed by atoms with Crippen molar-refractivity contribution in [3.05, 3.63) is 45.4 Å². The van der Waals surface area contributed by atoms with Crippen molar-refractivity contribution in [2.24, 2.45) is 5.92 Å². The van der Waals surface area contributed by atoms with Crippen LogP contribution in [0.4, 0.5) is 0 Å². The van der Waals surface area contributed by atoms with Gasteiger partial charge in [0.15, 0.2) is 0 Å². The standard InChI is InChI=1S/C17H25N3S/c1-13(2)12-18-11-10-17-20-19-16(21-17)9-8-15-6-4-14(3)5-7-15/h4-7,13,18H,8-12H2,1-3H3. The Morgan fingerprint density at radius 1 is 1.00 bits per heavy atom. The fourth-order valence-electron chi connectivity index (χ4n) is 2.08. The molecule has 0 saturated heterocycles. The largest absolute Gasteiger partial charge is 0.316 e. The van der Waals surface area contributed by atoms with Gasteiger partial charge < -0.3 is 5.32 Å². The van der Waals surface area contributed by atoms with Gasteiger partial charge in [-0.3, -0.25) is 0 Å². The lowest BCUT2D eigenvalue weighted by atomic mass is 10.1. The monoisotopic (exact) mass is 303 g/mol. The van der Waals surface area contributed by atoms with Crippen LogP contribution in [0.25, 0.3) is 0 Å². The van der Waals surface area contributed by atoms with E-state index in [9.17, 15) is 0 Å². The summed E-state index contributed by atoms with van der Waals surface area (Å²) in [5.41, 5.74) is 2.68. The van der Waals surface area contributed by atoms with Crippen LogP contribution >= 0.6 is 11.3 Å². The zero-order valence-corrected chi connectivity index (χ0v) is 14.0. The van der Waals surface area contributed by atoms with E-state index in [0.717, 1.165) is 42.4 Å². The van der Waals surface area contributed by atoms with Crippen molar-refractivity contribution in [1.82, 2.24) is 15.5 Å². The SMILES string of the molecule is Cc1ccc(CCc2nnc(CCNCC(C)C)s2)cc1. The molecule has 1 heterocycles. The number of hydrogen-bond acceptors (Lipinski definition) is 4. The van der Waals surface area contributed by atoms with Gasteiger partial charge in [-0.25, -0.2) is 0 Å². The molecule has 0 unspecified atom stereocenters. The Hall–Kier alpha value is -1.26. The molecule has 0 atom stereocenters. The Bertz CT molecular complexity index is 531. The van der Waals surface area contributed by atoms with Crippen LogP contribution in [-0.4, -0.2) is 23.3 Å². The van der Waals surface area contributed by atoms with Gasteiger partial charge >= 0.3 is 0 Å². The first-order chi connectivity index (χ1) is 10.1. The van der Waals surface area contributed by atoms with E-state index in [1.54, 1.807) is 11.3 Å². The number of hydrogen-bond donors (Lipinski definition) is 1. The molecule has 0 spiro atoms. The minimum absolute atomic E-state index is 0.699. The van der Waals surface area contributed by atoms with E-state index in [4.69, 9.17) is 0 Å². The molecule has 4 heteroatoms. The highest BCUT2D eigenvalue weighted by Crippen LogP contribution is 2.13. The third kappa shape index (κ3) is 5.94. The second-order valence-corrected chi connectivity index (χ2v) is 7.07. The highest BCUT2D eigenvalue weighted by atomic mass is 32.1. The average Bonchev–Trinajstić information content (AvgIpc) is 2.91.